The Hall–Kier alpha value is -1.42. The molecule has 20 heavy (non-hydrogen) atoms. The lowest BCUT2D eigenvalue weighted by atomic mass is 9.76. The molecule has 0 N–H and O–H groups in total. The van der Waals surface area contributed by atoms with Crippen LogP contribution in [-0.4, -0.2) is 37.1 Å². The maximum Gasteiger partial charge on any atom is 0.310 e. The van der Waals surface area contributed by atoms with Crippen molar-refractivity contribution in [1.29, 1.82) is 0 Å². The molecule has 0 unspecified atom stereocenters. The quantitative estimate of drug-likeness (QED) is 0.778. The standard InChI is InChI=1S/C16H20FNO2/c1-18-12-7-8-14(18)15(16(19)20-2)13(9-12)10-3-5-11(17)6-4-10/h3-6,12-15H,7-9H2,1-2H3/t12-,13-,14-,15-/m1/s1. The van der Waals surface area contributed by atoms with E-state index in [0.717, 1.165) is 24.8 Å². The second-order valence-electron chi connectivity index (χ2n) is 5.91. The Morgan fingerprint density at radius 1 is 1.30 bits per heavy atom. The van der Waals surface area contributed by atoms with Crippen molar-refractivity contribution in [3.05, 3.63) is 35.6 Å². The van der Waals surface area contributed by atoms with Gasteiger partial charge in [-0.15, -0.1) is 0 Å². The first kappa shape index (κ1) is 13.6. The van der Waals surface area contributed by atoms with Crippen LogP contribution in [0.1, 0.15) is 30.7 Å². The number of rotatable bonds is 2. The third-order valence-corrected chi connectivity index (χ3v) is 5.04. The van der Waals surface area contributed by atoms with E-state index in [9.17, 15) is 9.18 Å². The lowest BCUT2D eigenvalue weighted by Gasteiger charge is -2.41. The number of carbonyl (C=O) groups excluding carboxylic acids is 1. The first-order chi connectivity index (χ1) is 9.61. The molecule has 2 aliphatic heterocycles. The molecule has 3 nitrogen and oxygen atoms in total. The van der Waals surface area contributed by atoms with E-state index < -0.39 is 0 Å². The van der Waals surface area contributed by atoms with Crippen molar-refractivity contribution in [2.24, 2.45) is 5.92 Å². The smallest absolute Gasteiger partial charge is 0.310 e. The average molecular weight is 277 g/mol. The molecular formula is C16H20FNO2. The zero-order chi connectivity index (χ0) is 14.3. The van der Waals surface area contributed by atoms with Gasteiger partial charge in [0.25, 0.3) is 0 Å². The van der Waals surface area contributed by atoms with Crippen LogP contribution in [0.2, 0.25) is 0 Å². The van der Waals surface area contributed by atoms with Crippen LogP contribution >= 0.6 is 0 Å². The molecule has 2 aliphatic rings. The van der Waals surface area contributed by atoms with Gasteiger partial charge in [0.1, 0.15) is 5.82 Å². The summed E-state index contributed by atoms with van der Waals surface area (Å²) in [6.45, 7) is 0. The van der Waals surface area contributed by atoms with Gasteiger partial charge in [0.05, 0.1) is 13.0 Å². The maximum absolute atomic E-state index is 13.1. The molecule has 0 saturated carbocycles. The minimum Gasteiger partial charge on any atom is -0.469 e. The molecule has 0 radical (unpaired) electrons. The number of benzene rings is 1. The summed E-state index contributed by atoms with van der Waals surface area (Å²) in [7, 11) is 3.55. The fraction of sp³-hybridized carbons (Fsp3) is 0.562. The Morgan fingerprint density at radius 3 is 2.65 bits per heavy atom. The number of esters is 1. The van der Waals surface area contributed by atoms with Crippen LogP contribution in [0.5, 0.6) is 0 Å². The van der Waals surface area contributed by atoms with Gasteiger partial charge in [-0.05, 0) is 44.0 Å². The molecule has 2 heterocycles. The normalized spacial score (nSPS) is 33.1. The van der Waals surface area contributed by atoms with Crippen LogP contribution in [0.25, 0.3) is 0 Å². The number of piperidine rings is 1. The van der Waals surface area contributed by atoms with Crippen molar-refractivity contribution in [3.63, 3.8) is 0 Å². The van der Waals surface area contributed by atoms with E-state index in [0.29, 0.717) is 6.04 Å². The molecule has 1 aromatic rings. The van der Waals surface area contributed by atoms with E-state index >= 15 is 0 Å². The number of ether oxygens (including phenoxy) is 1. The lowest BCUT2D eigenvalue weighted by molar-refractivity contribution is -0.150. The summed E-state index contributed by atoms with van der Waals surface area (Å²) in [4.78, 5) is 14.5. The predicted octanol–water partition coefficient (Wildman–Crippen LogP) is 2.57. The molecule has 4 atom stereocenters. The first-order valence-electron chi connectivity index (χ1n) is 7.17. The highest BCUT2D eigenvalue weighted by Crippen LogP contribution is 2.46. The average Bonchev–Trinajstić information content (AvgIpc) is 2.70. The topological polar surface area (TPSA) is 29.5 Å². The zero-order valence-corrected chi connectivity index (χ0v) is 11.9. The van der Waals surface area contributed by atoms with Crippen LogP contribution in [0.3, 0.4) is 0 Å². The Bertz CT molecular complexity index is 502. The van der Waals surface area contributed by atoms with E-state index in [1.165, 1.54) is 19.2 Å². The Kier molecular flexibility index (Phi) is 3.50. The number of hydrogen-bond acceptors (Lipinski definition) is 3. The lowest BCUT2D eigenvalue weighted by Crippen LogP contribution is -2.49. The predicted molar refractivity (Wildman–Crippen MR) is 73.8 cm³/mol. The molecule has 2 fully saturated rings. The molecule has 1 aromatic carbocycles. The van der Waals surface area contributed by atoms with Gasteiger partial charge in [0, 0.05) is 18.0 Å². The summed E-state index contributed by atoms with van der Waals surface area (Å²) in [5.74, 6) is -0.387. The third kappa shape index (κ3) is 2.12. The number of fused-ring (bicyclic) bond motifs is 2. The monoisotopic (exact) mass is 277 g/mol. The second kappa shape index (κ2) is 5.17. The summed E-state index contributed by atoms with van der Waals surface area (Å²) < 4.78 is 18.1. The molecular weight excluding hydrogens is 257 g/mol. The summed E-state index contributed by atoms with van der Waals surface area (Å²) >= 11 is 0. The number of methoxy groups -OCH3 is 1. The fourth-order valence-electron chi connectivity index (χ4n) is 3.98. The Morgan fingerprint density at radius 2 is 2.00 bits per heavy atom. The van der Waals surface area contributed by atoms with E-state index in [1.807, 2.05) is 0 Å². The molecule has 0 amide bonds. The van der Waals surface area contributed by atoms with Crippen LogP contribution < -0.4 is 0 Å². The van der Waals surface area contributed by atoms with Crippen LogP contribution in [-0.2, 0) is 9.53 Å². The van der Waals surface area contributed by atoms with Gasteiger partial charge in [0.15, 0.2) is 0 Å². The minimum absolute atomic E-state index is 0.136. The summed E-state index contributed by atoms with van der Waals surface area (Å²) in [6.07, 6.45) is 3.11. The summed E-state index contributed by atoms with van der Waals surface area (Å²) in [5.41, 5.74) is 1.05. The van der Waals surface area contributed by atoms with Gasteiger partial charge < -0.3 is 4.74 Å². The van der Waals surface area contributed by atoms with Crippen LogP contribution in [0.4, 0.5) is 4.39 Å². The largest absolute Gasteiger partial charge is 0.469 e. The van der Waals surface area contributed by atoms with Gasteiger partial charge in [-0.1, -0.05) is 12.1 Å². The maximum atomic E-state index is 13.1. The number of nitrogens with zero attached hydrogens (tertiary/aromatic N) is 1. The summed E-state index contributed by atoms with van der Waals surface area (Å²) in [6, 6.07) is 7.34. The highest BCUT2D eigenvalue weighted by Gasteiger charge is 2.49. The van der Waals surface area contributed by atoms with E-state index in [4.69, 9.17) is 4.74 Å². The highest BCUT2D eigenvalue weighted by atomic mass is 19.1. The van der Waals surface area contributed by atoms with Crippen molar-refractivity contribution in [2.45, 2.75) is 37.3 Å². The van der Waals surface area contributed by atoms with Gasteiger partial charge in [-0.2, -0.15) is 0 Å². The van der Waals surface area contributed by atoms with Gasteiger partial charge in [-0.25, -0.2) is 4.39 Å². The number of hydrogen-bond donors (Lipinski definition) is 0. The third-order valence-electron chi connectivity index (χ3n) is 5.04. The second-order valence-corrected chi connectivity index (χ2v) is 5.91. The van der Waals surface area contributed by atoms with Crippen molar-refractivity contribution in [1.82, 2.24) is 4.90 Å². The minimum atomic E-state index is -0.237. The number of carbonyl (C=O) groups is 1. The van der Waals surface area contributed by atoms with Crippen LogP contribution in [0.15, 0.2) is 24.3 Å². The summed E-state index contributed by atoms with van der Waals surface area (Å²) in [5, 5.41) is 0. The Labute approximate surface area is 118 Å². The van der Waals surface area contributed by atoms with E-state index in [1.54, 1.807) is 12.1 Å². The van der Waals surface area contributed by atoms with Crippen molar-refractivity contribution in [2.75, 3.05) is 14.2 Å². The first-order valence-corrected chi connectivity index (χ1v) is 7.17. The van der Waals surface area contributed by atoms with Gasteiger partial charge in [0.2, 0.25) is 0 Å². The van der Waals surface area contributed by atoms with Gasteiger partial charge in [-0.3, -0.25) is 9.69 Å². The van der Waals surface area contributed by atoms with Crippen molar-refractivity contribution in [3.8, 4) is 0 Å². The Balaban J connectivity index is 1.95. The van der Waals surface area contributed by atoms with Crippen molar-refractivity contribution < 1.29 is 13.9 Å². The molecule has 0 aliphatic carbocycles. The fourth-order valence-corrected chi connectivity index (χ4v) is 3.98. The zero-order valence-electron chi connectivity index (χ0n) is 11.9. The molecule has 4 heteroatoms. The molecule has 0 aromatic heterocycles. The van der Waals surface area contributed by atoms with Gasteiger partial charge >= 0.3 is 5.97 Å². The SMILES string of the molecule is COC(=O)[C@@H]1[C@@H](c2ccc(F)cc2)C[C@H]2CC[C@H]1N2C. The van der Waals surface area contributed by atoms with Crippen LogP contribution in [0, 0.1) is 11.7 Å². The van der Waals surface area contributed by atoms with E-state index in [2.05, 4.69) is 11.9 Å². The van der Waals surface area contributed by atoms with Crippen molar-refractivity contribution >= 4 is 5.97 Å². The molecule has 2 saturated heterocycles. The molecule has 2 bridgehead atoms. The molecule has 108 valence electrons. The molecule has 3 rings (SSSR count). The number of halogens is 1. The highest BCUT2D eigenvalue weighted by molar-refractivity contribution is 5.75. The molecule has 0 spiro atoms. The van der Waals surface area contributed by atoms with E-state index in [-0.39, 0.29) is 29.7 Å².